The van der Waals surface area contributed by atoms with Crippen LogP contribution in [-0.2, 0) is 0 Å². The summed E-state index contributed by atoms with van der Waals surface area (Å²) in [6.07, 6.45) is 0. The fourth-order valence-corrected chi connectivity index (χ4v) is 3.28. The molecule has 0 amide bonds. The van der Waals surface area contributed by atoms with Crippen molar-refractivity contribution in [3.8, 4) is 5.75 Å². The largest absolute Gasteiger partial charge is 0.492 e. The maximum Gasteiger partial charge on any atom is 0.335 e. The standard InChI is InChI=1S/C21H26N2O3/c1-16-4-3-5-20(17(16)2)23-12-10-22(11-13-23)14-15-26-19-8-6-18(7-9-19)21(24)25/h3-9H,10-15H2,1-2H3,(H,24,25). The number of carboxylic acids is 1. The van der Waals surface area contributed by atoms with Gasteiger partial charge in [-0.2, -0.15) is 0 Å². The van der Waals surface area contributed by atoms with Crippen LogP contribution in [0.15, 0.2) is 42.5 Å². The lowest BCUT2D eigenvalue weighted by Crippen LogP contribution is -2.47. The zero-order valence-corrected chi connectivity index (χ0v) is 15.4. The predicted octanol–water partition coefficient (Wildman–Crippen LogP) is 3.20. The van der Waals surface area contributed by atoms with Gasteiger partial charge in [0.2, 0.25) is 0 Å². The molecule has 138 valence electrons. The van der Waals surface area contributed by atoms with Crippen LogP contribution in [0.5, 0.6) is 5.75 Å². The number of aromatic carboxylic acids is 1. The van der Waals surface area contributed by atoms with Crippen molar-refractivity contribution in [3.63, 3.8) is 0 Å². The summed E-state index contributed by atoms with van der Waals surface area (Å²) >= 11 is 0. The second-order valence-corrected chi connectivity index (χ2v) is 6.73. The first kappa shape index (κ1) is 18.3. The average Bonchev–Trinajstić information content (AvgIpc) is 2.65. The first-order valence-corrected chi connectivity index (χ1v) is 9.04. The Hall–Kier alpha value is -2.53. The van der Waals surface area contributed by atoms with Crippen LogP contribution in [-0.4, -0.2) is 55.3 Å². The lowest BCUT2D eigenvalue weighted by molar-refractivity contribution is 0.0697. The zero-order chi connectivity index (χ0) is 18.5. The van der Waals surface area contributed by atoms with Crippen LogP contribution in [0, 0.1) is 13.8 Å². The van der Waals surface area contributed by atoms with Gasteiger partial charge in [0.15, 0.2) is 0 Å². The van der Waals surface area contributed by atoms with E-state index in [0.717, 1.165) is 32.7 Å². The molecule has 3 rings (SSSR count). The van der Waals surface area contributed by atoms with E-state index >= 15 is 0 Å². The predicted molar refractivity (Wildman–Crippen MR) is 103 cm³/mol. The Morgan fingerprint density at radius 1 is 1.04 bits per heavy atom. The summed E-state index contributed by atoms with van der Waals surface area (Å²) in [6, 6.07) is 13.1. The van der Waals surface area contributed by atoms with E-state index in [-0.39, 0.29) is 5.56 Å². The van der Waals surface area contributed by atoms with Gasteiger partial charge in [-0.25, -0.2) is 4.79 Å². The van der Waals surface area contributed by atoms with Gasteiger partial charge in [-0.1, -0.05) is 12.1 Å². The third-order valence-electron chi connectivity index (χ3n) is 5.07. The minimum absolute atomic E-state index is 0.278. The maximum atomic E-state index is 10.8. The van der Waals surface area contributed by atoms with E-state index in [1.165, 1.54) is 16.8 Å². The third kappa shape index (κ3) is 4.35. The molecule has 0 aliphatic carbocycles. The van der Waals surface area contributed by atoms with Gasteiger partial charge < -0.3 is 14.7 Å². The van der Waals surface area contributed by atoms with Gasteiger partial charge in [0.25, 0.3) is 0 Å². The van der Waals surface area contributed by atoms with Gasteiger partial charge in [0, 0.05) is 38.4 Å². The Morgan fingerprint density at radius 2 is 1.73 bits per heavy atom. The molecule has 5 nitrogen and oxygen atoms in total. The van der Waals surface area contributed by atoms with E-state index in [4.69, 9.17) is 9.84 Å². The number of carbonyl (C=O) groups is 1. The van der Waals surface area contributed by atoms with Crippen molar-refractivity contribution in [2.24, 2.45) is 0 Å². The van der Waals surface area contributed by atoms with Crippen molar-refractivity contribution in [3.05, 3.63) is 59.2 Å². The van der Waals surface area contributed by atoms with Gasteiger partial charge >= 0.3 is 5.97 Å². The van der Waals surface area contributed by atoms with E-state index < -0.39 is 5.97 Å². The van der Waals surface area contributed by atoms with E-state index in [0.29, 0.717) is 12.4 Å². The monoisotopic (exact) mass is 354 g/mol. The van der Waals surface area contributed by atoms with E-state index in [1.54, 1.807) is 24.3 Å². The smallest absolute Gasteiger partial charge is 0.335 e. The fourth-order valence-electron chi connectivity index (χ4n) is 3.28. The van der Waals surface area contributed by atoms with Crippen molar-refractivity contribution in [2.75, 3.05) is 44.2 Å². The van der Waals surface area contributed by atoms with Crippen LogP contribution in [0.25, 0.3) is 0 Å². The SMILES string of the molecule is Cc1cccc(N2CCN(CCOc3ccc(C(=O)O)cc3)CC2)c1C. The van der Waals surface area contributed by atoms with Gasteiger partial charge in [-0.3, -0.25) is 4.90 Å². The van der Waals surface area contributed by atoms with Gasteiger partial charge in [0.05, 0.1) is 5.56 Å². The van der Waals surface area contributed by atoms with Crippen molar-refractivity contribution in [2.45, 2.75) is 13.8 Å². The molecule has 26 heavy (non-hydrogen) atoms. The van der Waals surface area contributed by atoms with Crippen molar-refractivity contribution >= 4 is 11.7 Å². The molecule has 0 aromatic heterocycles. The Kier molecular flexibility index (Phi) is 5.78. The number of anilines is 1. The third-order valence-corrected chi connectivity index (χ3v) is 5.07. The van der Waals surface area contributed by atoms with Gasteiger partial charge in [-0.05, 0) is 55.3 Å². The molecule has 0 bridgehead atoms. The van der Waals surface area contributed by atoms with Crippen molar-refractivity contribution in [1.82, 2.24) is 4.90 Å². The van der Waals surface area contributed by atoms with Crippen LogP contribution in [0.2, 0.25) is 0 Å². The molecule has 5 heteroatoms. The highest BCUT2D eigenvalue weighted by Gasteiger charge is 2.18. The molecule has 0 atom stereocenters. The molecule has 1 saturated heterocycles. The highest BCUT2D eigenvalue weighted by atomic mass is 16.5. The Balaban J connectivity index is 1.44. The second kappa shape index (κ2) is 8.23. The number of hydrogen-bond donors (Lipinski definition) is 1. The Bertz CT molecular complexity index is 750. The van der Waals surface area contributed by atoms with E-state index in [9.17, 15) is 4.79 Å². The molecular formula is C21H26N2O3. The molecule has 1 N–H and O–H groups in total. The first-order valence-electron chi connectivity index (χ1n) is 9.04. The van der Waals surface area contributed by atoms with E-state index in [2.05, 4.69) is 41.8 Å². The molecule has 0 saturated carbocycles. The second-order valence-electron chi connectivity index (χ2n) is 6.73. The maximum absolute atomic E-state index is 10.8. The molecule has 1 fully saturated rings. The van der Waals surface area contributed by atoms with Gasteiger partial charge in [-0.15, -0.1) is 0 Å². The summed E-state index contributed by atoms with van der Waals surface area (Å²) in [4.78, 5) is 15.7. The van der Waals surface area contributed by atoms with E-state index in [1.807, 2.05) is 0 Å². The van der Waals surface area contributed by atoms with Crippen LogP contribution < -0.4 is 9.64 Å². The molecule has 0 radical (unpaired) electrons. The van der Waals surface area contributed by atoms with Crippen LogP contribution >= 0.6 is 0 Å². The Labute approximate surface area is 154 Å². The normalized spacial score (nSPS) is 15.1. The molecule has 2 aromatic rings. The average molecular weight is 354 g/mol. The highest BCUT2D eigenvalue weighted by molar-refractivity contribution is 5.87. The molecule has 1 heterocycles. The number of benzene rings is 2. The molecular weight excluding hydrogens is 328 g/mol. The highest BCUT2D eigenvalue weighted by Crippen LogP contribution is 2.23. The number of aryl methyl sites for hydroxylation is 1. The first-order chi connectivity index (χ1) is 12.5. The topological polar surface area (TPSA) is 53.0 Å². The number of ether oxygens (including phenoxy) is 1. The lowest BCUT2D eigenvalue weighted by Gasteiger charge is -2.37. The minimum Gasteiger partial charge on any atom is -0.492 e. The molecule has 0 unspecified atom stereocenters. The van der Waals surface area contributed by atoms with Crippen LogP contribution in [0.3, 0.4) is 0 Å². The summed E-state index contributed by atoms with van der Waals surface area (Å²) in [6.45, 7) is 9.94. The van der Waals surface area contributed by atoms with Crippen molar-refractivity contribution < 1.29 is 14.6 Å². The fraction of sp³-hybridized carbons (Fsp3) is 0.381. The number of carboxylic acid groups (broad SMARTS) is 1. The summed E-state index contributed by atoms with van der Waals surface area (Å²) in [5, 5.41) is 8.91. The zero-order valence-electron chi connectivity index (χ0n) is 15.4. The van der Waals surface area contributed by atoms with Crippen LogP contribution in [0.1, 0.15) is 21.5 Å². The van der Waals surface area contributed by atoms with Gasteiger partial charge in [0.1, 0.15) is 12.4 Å². The quantitative estimate of drug-likeness (QED) is 0.863. The molecule has 1 aliphatic heterocycles. The summed E-state index contributed by atoms with van der Waals surface area (Å²) in [7, 11) is 0. The number of rotatable bonds is 6. The summed E-state index contributed by atoms with van der Waals surface area (Å²) in [5.74, 6) is -0.206. The molecule has 2 aromatic carbocycles. The number of piperazine rings is 1. The van der Waals surface area contributed by atoms with Crippen LogP contribution in [0.4, 0.5) is 5.69 Å². The molecule has 1 aliphatic rings. The van der Waals surface area contributed by atoms with Crippen molar-refractivity contribution in [1.29, 1.82) is 0 Å². The number of hydrogen-bond acceptors (Lipinski definition) is 4. The molecule has 0 spiro atoms. The summed E-state index contributed by atoms with van der Waals surface area (Å²) < 4.78 is 5.74. The Morgan fingerprint density at radius 3 is 2.38 bits per heavy atom. The lowest BCUT2D eigenvalue weighted by atomic mass is 10.1. The minimum atomic E-state index is -0.918. The number of nitrogens with zero attached hydrogens (tertiary/aromatic N) is 2. The summed E-state index contributed by atoms with van der Waals surface area (Å²) in [5.41, 5.74) is 4.33.